The first kappa shape index (κ1) is 20.1. The molecule has 0 radical (unpaired) electrons. The largest absolute Gasteiger partial charge is 0.573 e. The van der Waals surface area contributed by atoms with Crippen LogP contribution in [0, 0.1) is 0 Å². The first-order chi connectivity index (χ1) is 12.2. The van der Waals surface area contributed by atoms with Crippen molar-refractivity contribution >= 4 is 23.4 Å². The standard InChI is InChI=1S/C18H19F3N2O2S/c1-23(11-13-3-9-16(26-2)10-4-13)12-17(24)22-14-5-7-15(8-6-14)25-18(19,20)21/h3-10H,11-12H2,1-2H3,(H,22,24)/p+1. The van der Waals surface area contributed by atoms with Crippen LogP contribution < -0.4 is 15.0 Å². The zero-order chi connectivity index (χ0) is 19.2. The molecule has 2 rings (SSSR count). The Morgan fingerprint density at radius 3 is 2.27 bits per heavy atom. The van der Waals surface area contributed by atoms with Gasteiger partial charge in [-0.3, -0.25) is 4.79 Å². The summed E-state index contributed by atoms with van der Waals surface area (Å²) in [5, 5.41) is 2.67. The summed E-state index contributed by atoms with van der Waals surface area (Å²) in [7, 11) is 1.91. The minimum Gasteiger partial charge on any atom is -0.406 e. The first-order valence-corrected chi connectivity index (χ1v) is 9.07. The monoisotopic (exact) mass is 385 g/mol. The van der Waals surface area contributed by atoms with Crippen LogP contribution in [0.25, 0.3) is 0 Å². The number of hydrogen-bond donors (Lipinski definition) is 2. The smallest absolute Gasteiger partial charge is 0.406 e. The van der Waals surface area contributed by atoms with Gasteiger partial charge in [0.25, 0.3) is 5.91 Å². The number of alkyl halides is 3. The van der Waals surface area contributed by atoms with Crippen molar-refractivity contribution in [2.75, 3.05) is 25.2 Å². The topological polar surface area (TPSA) is 42.8 Å². The van der Waals surface area contributed by atoms with Crippen molar-refractivity contribution in [2.45, 2.75) is 17.8 Å². The highest BCUT2D eigenvalue weighted by molar-refractivity contribution is 7.98. The molecular formula is C18H20F3N2O2S+. The predicted octanol–water partition coefficient (Wildman–Crippen LogP) is 2.96. The molecule has 0 saturated carbocycles. The van der Waals surface area contributed by atoms with E-state index in [1.54, 1.807) is 11.8 Å². The first-order valence-electron chi connectivity index (χ1n) is 7.85. The zero-order valence-electron chi connectivity index (χ0n) is 14.4. The quantitative estimate of drug-likeness (QED) is 0.721. The van der Waals surface area contributed by atoms with Gasteiger partial charge in [-0.1, -0.05) is 12.1 Å². The summed E-state index contributed by atoms with van der Waals surface area (Å²) in [5.41, 5.74) is 1.54. The number of thioether (sulfide) groups is 1. The average Bonchev–Trinajstić information content (AvgIpc) is 2.56. The van der Waals surface area contributed by atoms with Crippen molar-refractivity contribution < 1.29 is 27.6 Å². The third-order valence-corrected chi connectivity index (χ3v) is 4.24. The molecule has 8 heteroatoms. The molecule has 0 saturated heterocycles. The van der Waals surface area contributed by atoms with Crippen LogP contribution in [-0.4, -0.2) is 32.1 Å². The van der Waals surface area contributed by atoms with Gasteiger partial charge in [0.2, 0.25) is 0 Å². The number of quaternary nitrogens is 1. The van der Waals surface area contributed by atoms with E-state index in [-0.39, 0.29) is 18.2 Å². The molecule has 2 aromatic rings. The van der Waals surface area contributed by atoms with E-state index in [9.17, 15) is 18.0 Å². The number of halogens is 3. The van der Waals surface area contributed by atoms with Crippen molar-refractivity contribution in [3.05, 3.63) is 54.1 Å². The Bertz CT molecular complexity index is 719. The van der Waals surface area contributed by atoms with Crippen molar-refractivity contribution in [1.82, 2.24) is 0 Å². The fraction of sp³-hybridized carbons (Fsp3) is 0.278. The number of carbonyl (C=O) groups excluding carboxylic acids is 1. The number of anilines is 1. The van der Waals surface area contributed by atoms with Gasteiger partial charge in [0.15, 0.2) is 6.54 Å². The van der Waals surface area contributed by atoms with Crippen LogP contribution in [0.5, 0.6) is 5.75 Å². The van der Waals surface area contributed by atoms with Gasteiger partial charge >= 0.3 is 6.36 Å². The maximum absolute atomic E-state index is 12.1. The summed E-state index contributed by atoms with van der Waals surface area (Å²) in [6, 6.07) is 13.2. The molecule has 26 heavy (non-hydrogen) atoms. The Hall–Kier alpha value is -2.19. The highest BCUT2D eigenvalue weighted by Gasteiger charge is 2.30. The fourth-order valence-electron chi connectivity index (χ4n) is 2.37. The molecule has 0 aliphatic heterocycles. The summed E-state index contributed by atoms with van der Waals surface area (Å²) in [6.07, 6.45) is -2.72. The third kappa shape index (κ3) is 6.97. The number of hydrogen-bond acceptors (Lipinski definition) is 3. The van der Waals surface area contributed by atoms with E-state index in [1.165, 1.54) is 17.0 Å². The number of benzene rings is 2. The molecule has 0 spiro atoms. The summed E-state index contributed by atoms with van der Waals surface area (Å²) in [6.45, 7) is 0.936. The van der Waals surface area contributed by atoms with Crippen LogP contribution in [0.4, 0.5) is 18.9 Å². The van der Waals surface area contributed by atoms with E-state index in [0.717, 1.165) is 22.6 Å². The average molecular weight is 385 g/mol. The zero-order valence-corrected chi connectivity index (χ0v) is 15.2. The lowest BCUT2D eigenvalue weighted by atomic mass is 10.2. The molecule has 0 heterocycles. The number of likely N-dealkylation sites (N-methyl/N-ethyl adjacent to an activating group) is 1. The van der Waals surface area contributed by atoms with E-state index >= 15 is 0 Å². The second-order valence-corrected chi connectivity index (χ2v) is 6.66. The summed E-state index contributed by atoms with van der Waals surface area (Å²) >= 11 is 1.67. The van der Waals surface area contributed by atoms with Crippen molar-refractivity contribution in [3.8, 4) is 5.75 Å². The highest BCUT2D eigenvalue weighted by atomic mass is 32.2. The Balaban J connectivity index is 1.83. The summed E-state index contributed by atoms with van der Waals surface area (Å²) < 4.78 is 40.2. The fourth-order valence-corrected chi connectivity index (χ4v) is 2.78. The minimum atomic E-state index is -4.73. The second-order valence-electron chi connectivity index (χ2n) is 5.78. The molecule has 4 nitrogen and oxygen atoms in total. The number of rotatable bonds is 7. The number of nitrogens with one attached hydrogen (secondary N) is 2. The molecular weight excluding hydrogens is 365 g/mol. The molecule has 0 bridgehead atoms. The van der Waals surface area contributed by atoms with Gasteiger partial charge in [-0.2, -0.15) is 0 Å². The van der Waals surface area contributed by atoms with Crippen molar-refractivity contribution in [3.63, 3.8) is 0 Å². The molecule has 2 N–H and O–H groups in total. The second kappa shape index (κ2) is 8.95. The minimum absolute atomic E-state index is 0.215. The molecule has 1 amide bonds. The molecule has 1 unspecified atom stereocenters. The van der Waals surface area contributed by atoms with Gasteiger partial charge in [-0.15, -0.1) is 24.9 Å². The van der Waals surface area contributed by atoms with Crippen molar-refractivity contribution in [2.24, 2.45) is 0 Å². The lowest BCUT2D eigenvalue weighted by Crippen LogP contribution is -3.08. The van der Waals surface area contributed by atoms with Gasteiger partial charge in [0.1, 0.15) is 12.3 Å². The molecule has 140 valence electrons. The van der Waals surface area contributed by atoms with Gasteiger partial charge in [-0.25, -0.2) is 0 Å². The lowest BCUT2D eigenvalue weighted by Gasteiger charge is -2.14. The van der Waals surface area contributed by atoms with Crippen LogP contribution in [0.15, 0.2) is 53.4 Å². The molecule has 0 aliphatic rings. The van der Waals surface area contributed by atoms with Crippen LogP contribution in [-0.2, 0) is 11.3 Å². The predicted molar refractivity (Wildman–Crippen MR) is 95.4 cm³/mol. The van der Waals surface area contributed by atoms with Crippen LogP contribution in [0.3, 0.4) is 0 Å². The van der Waals surface area contributed by atoms with E-state index in [1.807, 2.05) is 37.6 Å². The van der Waals surface area contributed by atoms with Crippen molar-refractivity contribution in [1.29, 1.82) is 0 Å². The van der Waals surface area contributed by atoms with Crippen LogP contribution in [0.1, 0.15) is 5.56 Å². The molecule has 1 atom stereocenters. The maximum atomic E-state index is 12.1. The summed E-state index contributed by atoms with van der Waals surface area (Å²) in [5.74, 6) is -0.542. The number of carbonyl (C=O) groups is 1. The van der Waals surface area contributed by atoms with E-state index in [0.29, 0.717) is 12.2 Å². The van der Waals surface area contributed by atoms with E-state index in [2.05, 4.69) is 10.1 Å². The Morgan fingerprint density at radius 1 is 1.12 bits per heavy atom. The molecule has 0 aromatic heterocycles. The Kier molecular flexibility index (Phi) is 6.93. The maximum Gasteiger partial charge on any atom is 0.573 e. The highest BCUT2D eigenvalue weighted by Crippen LogP contribution is 2.23. The molecule has 0 fully saturated rings. The Morgan fingerprint density at radius 2 is 1.73 bits per heavy atom. The third-order valence-electron chi connectivity index (χ3n) is 3.50. The van der Waals surface area contributed by atoms with Crippen LogP contribution in [0.2, 0.25) is 0 Å². The SMILES string of the molecule is CSc1ccc(C[NH+](C)CC(=O)Nc2ccc(OC(F)(F)F)cc2)cc1. The van der Waals surface area contributed by atoms with Gasteiger partial charge in [0, 0.05) is 16.1 Å². The van der Waals surface area contributed by atoms with Gasteiger partial charge in [-0.05, 0) is 42.7 Å². The lowest BCUT2D eigenvalue weighted by molar-refractivity contribution is -0.885. The molecule has 2 aromatic carbocycles. The molecule has 0 aliphatic carbocycles. The normalized spacial score (nSPS) is 12.5. The Labute approximate surface area is 154 Å². The van der Waals surface area contributed by atoms with Gasteiger partial charge < -0.3 is 15.0 Å². The van der Waals surface area contributed by atoms with Gasteiger partial charge in [0.05, 0.1) is 7.05 Å². The van der Waals surface area contributed by atoms with Crippen LogP contribution >= 0.6 is 11.8 Å². The van der Waals surface area contributed by atoms with E-state index < -0.39 is 6.36 Å². The number of amides is 1. The summed E-state index contributed by atoms with van der Waals surface area (Å²) in [4.78, 5) is 14.3. The van der Waals surface area contributed by atoms with E-state index in [4.69, 9.17) is 0 Å². The number of ether oxygens (including phenoxy) is 1.